The van der Waals surface area contributed by atoms with Crippen molar-refractivity contribution in [3.05, 3.63) is 46.8 Å². The molecule has 0 bridgehead atoms. The summed E-state index contributed by atoms with van der Waals surface area (Å²) in [6.07, 6.45) is 4.39. The predicted molar refractivity (Wildman–Crippen MR) is 117 cm³/mol. The Hall–Kier alpha value is -2.19. The number of sulfonamides is 1. The highest BCUT2D eigenvalue weighted by molar-refractivity contribution is 7.89. The summed E-state index contributed by atoms with van der Waals surface area (Å²) in [6, 6.07) is 5.06. The van der Waals surface area contributed by atoms with Gasteiger partial charge >= 0.3 is 0 Å². The highest BCUT2D eigenvalue weighted by Gasteiger charge is 2.27. The molecule has 1 amide bonds. The molecule has 1 aliphatic rings. The van der Waals surface area contributed by atoms with Crippen molar-refractivity contribution in [2.45, 2.75) is 70.9 Å². The van der Waals surface area contributed by atoms with Crippen LogP contribution in [0.4, 0.5) is 0 Å². The fourth-order valence-electron chi connectivity index (χ4n) is 4.07. The number of rotatable bonds is 7. The molecule has 1 aromatic carbocycles. The minimum absolute atomic E-state index is 0.00152. The van der Waals surface area contributed by atoms with Crippen LogP contribution in [0.1, 0.15) is 67.3 Å². The summed E-state index contributed by atoms with van der Waals surface area (Å²) in [5, 5.41) is 7.61. The molecule has 8 heteroatoms. The van der Waals surface area contributed by atoms with Crippen molar-refractivity contribution in [1.29, 1.82) is 0 Å². The quantitative estimate of drug-likeness (QED) is 0.729. The molecule has 1 unspecified atom stereocenters. The Morgan fingerprint density at radius 2 is 2.00 bits per heavy atom. The molecule has 7 nitrogen and oxygen atoms in total. The average Bonchev–Trinajstić information content (AvgIpc) is 3.12. The molecular formula is C22H32N4O3S. The fourth-order valence-corrected chi connectivity index (χ4v) is 5.56. The van der Waals surface area contributed by atoms with Gasteiger partial charge in [0.2, 0.25) is 10.0 Å². The summed E-state index contributed by atoms with van der Waals surface area (Å²) in [5.74, 6) is -0.229. The second-order valence-electron chi connectivity index (χ2n) is 8.13. The lowest BCUT2D eigenvalue weighted by Gasteiger charge is -2.25. The number of nitrogens with zero attached hydrogens (tertiary/aromatic N) is 3. The molecule has 0 fully saturated rings. The zero-order valence-corrected chi connectivity index (χ0v) is 19.3. The van der Waals surface area contributed by atoms with E-state index in [1.807, 2.05) is 31.6 Å². The molecule has 164 valence electrons. The van der Waals surface area contributed by atoms with Crippen molar-refractivity contribution in [3.63, 3.8) is 0 Å². The number of nitrogens with one attached hydrogen (secondary N) is 1. The van der Waals surface area contributed by atoms with Crippen LogP contribution < -0.4 is 5.32 Å². The number of hydrogen-bond donors (Lipinski definition) is 1. The van der Waals surface area contributed by atoms with E-state index in [1.54, 1.807) is 12.1 Å². The summed E-state index contributed by atoms with van der Waals surface area (Å²) in [4.78, 5) is 13.2. The fraction of sp³-hybridized carbons (Fsp3) is 0.545. The Balaban J connectivity index is 1.82. The second-order valence-corrected chi connectivity index (χ2v) is 10.1. The minimum Gasteiger partial charge on any atom is -0.349 e. The van der Waals surface area contributed by atoms with Crippen molar-refractivity contribution in [1.82, 2.24) is 19.4 Å². The molecule has 1 heterocycles. The Labute approximate surface area is 179 Å². The Bertz CT molecular complexity index is 1020. The standard InChI is InChI=1S/C22H32N4O3S/c1-6-25(7-2)30(28,29)19-11-8-16(5)20(13-19)22(27)24-18-10-9-17-14-23-26(15(3)4)21(17)12-18/h8,11,13-15,18H,6-7,9-10,12H2,1-5H3,(H,24,27). The maximum atomic E-state index is 13.0. The third-order valence-electron chi connectivity index (χ3n) is 5.81. The van der Waals surface area contributed by atoms with E-state index < -0.39 is 10.0 Å². The molecule has 0 saturated heterocycles. The number of carbonyl (C=O) groups excluding carboxylic acids is 1. The van der Waals surface area contributed by atoms with Crippen LogP contribution >= 0.6 is 0 Å². The molecule has 3 rings (SSSR count). The first kappa shape index (κ1) is 22.5. The third-order valence-corrected chi connectivity index (χ3v) is 7.85. The zero-order chi connectivity index (χ0) is 22.1. The average molecular weight is 433 g/mol. The molecule has 30 heavy (non-hydrogen) atoms. The molecular weight excluding hydrogens is 400 g/mol. The predicted octanol–water partition coefficient (Wildman–Crippen LogP) is 3.09. The van der Waals surface area contributed by atoms with Crippen LogP contribution in [0.2, 0.25) is 0 Å². The molecule has 0 radical (unpaired) electrons. The van der Waals surface area contributed by atoms with E-state index in [1.165, 1.54) is 21.6 Å². The first-order valence-electron chi connectivity index (χ1n) is 10.7. The number of carbonyl (C=O) groups is 1. The van der Waals surface area contributed by atoms with Gasteiger partial charge in [0.25, 0.3) is 5.91 Å². The number of fused-ring (bicyclic) bond motifs is 1. The van der Waals surface area contributed by atoms with E-state index in [0.717, 1.165) is 24.8 Å². The van der Waals surface area contributed by atoms with Gasteiger partial charge in [-0.2, -0.15) is 9.40 Å². The summed E-state index contributed by atoms with van der Waals surface area (Å²) in [5.41, 5.74) is 3.59. The maximum Gasteiger partial charge on any atom is 0.251 e. The van der Waals surface area contributed by atoms with Gasteiger partial charge in [0.05, 0.1) is 11.1 Å². The molecule has 1 aromatic heterocycles. The Morgan fingerprint density at radius 3 is 2.63 bits per heavy atom. The van der Waals surface area contributed by atoms with Gasteiger partial charge in [0, 0.05) is 42.9 Å². The molecule has 0 spiro atoms. The van der Waals surface area contributed by atoms with Gasteiger partial charge in [-0.05, 0) is 56.9 Å². The zero-order valence-electron chi connectivity index (χ0n) is 18.5. The van der Waals surface area contributed by atoms with Gasteiger partial charge in [0.15, 0.2) is 0 Å². The Morgan fingerprint density at radius 1 is 1.30 bits per heavy atom. The molecule has 2 aromatic rings. The summed E-state index contributed by atoms with van der Waals surface area (Å²) in [6.45, 7) is 10.4. The lowest BCUT2D eigenvalue weighted by atomic mass is 9.93. The smallest absolute Gasteiger partial charge is 0.251 e. The first-order chi connectivity index (χ1) is 14.2. The van der Waals surface area contributed by atoms with Crippen LogP contribution in [-0.2, 0) is 22.9 Å². The van der Waals surface area contributed by atoms with Gasteiger partial charge in [-0.1, -0.05) is 19.9 Å². The van der Waals surface area contributed by atoms with Gasteiger partial charge in [-0.25, -0.2) is 8.42 Å². The molecule has 0 aliphatic heterocycles. The number of amides is 1. The van der Waals surface area contributed by atoms with Crippen molar-refractivity contribution >= 4 is 15.9 Å². The van der Waals surface area contributed by atoms with E-state index in [0.29, 0.717) is 18.7 Å². The van der Waals surface area contributed by atoms with Gasteiger partial charge in [-0.15, -0.1) is 0 Å². The molecule has 0 saturated carbocycles. The van der Waals surface area contributed by atoms with Crippen molar-refractivity contribution in [2.24, 2.45) is 0 Å². The van der Waals surface area contributed by atoms with E-state index in [2.05, 4.69) is 24.3 Å². The number of benzene rings is 1. The summed E-state index contributed by atoms with van der Waals surface area (Å²) >= 11 is 0. The van der Waals surface area contributed by atoms with Crippen LogP contribution in [0, 0.1) is 6.92 Å². The van der Waals surface area contributed by atoms with E-state index in [9.17, 15) is 13.2 Å². The lowest BCUT2D eigenvalue weighted by molar-refractivity contribution is 0.0932. The van der Waals surface area contributed by atoms with Crippen molar-refractivity contribution in [2.75, 3.05) is 13.1 Å². The van der Waals surface area contributed by atoms with Gasteiger partial charge in [-0.3, -0.25) is 9.48 Å². The van der Waals surface area contributed by atoms with Crippen molar-refractivity contribution < 1.29 is 13.2 Å². The maximum absolute atomic E-state index is 13.0. The van der Waals surface area contributed by atoms with Crippen LogP contribution in [-0.4, -0.2) is 47.5 Å². The van der Waals surface area contributed by atoms with Crippen LogP contribution in [0.5, 0.6) is 0 Å². The lowest BCUT2D eigenvalue weighted by Crippen LogP contribution is -2.39. The monoisotopic (exact) mass is 432 g/mol. The van der Waals surface area contributed by atoms with Gasteiger partial charge < -0.3 is 5.32 Å². The first-order valence-corrected chi connectivity index (χ1v) is 12.1. The highest BCUT2D eigenvalue weighted by atomic mass is 32.2. The molecule has 1 N–H and O–H groups in total. The normalized spacial score (nSPS) is 16.7. The number of aromatic nitrogens is 2. The number of aryl methyl sites for hydroxylation is 2. The molecule has 1 atom stereocenters. The minimum atomic E-state index is -3.61. The third kappa shape index (κ3) is 4.30. The summed E-state index contributed by atoms with van der Waals surface area (Å²) in [7, 11) is -3.61. The molecule has 1 aliphatic carbocycles. The van der Waals surface area contributed by atoms with E-state index in [4.69, 9.17) is 0 Å². The van der Waals surface area contributed by atoms with Crippen molar-refractivity contribution in [3.8, 4) is 0 Å². The highest BCUT2D eigenvalue weighted by Crippen LogP contribution is 2.25. The Kier molecular flexibility index (Phi) is 6.67. The largest absolute Gasteiger partial charge is 0.349 e. The number of hydrogen-bond acceptors (Lipinski definition) is 4. The van der Waals surface area contributed by atoms with Gasteiger partial charge in [0.1, 0.15) is 0 Å². The summed E-state index contributed by atoms with van der Waals surface area (Å²) < 4.78 is 29.2. The topological polar surface area (TPSA) is 84.3 Å². The SMILES string of the molecule is CCN(CC)S(=O)(=O)c1ccc(C)c(C(=O)NC2CCc3cnn(C(C)C)c3C2)c1. The second kappa shape index (κ2) is 8.89. The van der Waals surface area contributed by atoms with Crippen LogP contribution in [0.25, 0.3) is 0 Å². The van der Waals surface area contributed by atoms with Crippen LogP contribution in [0.3, 0.4) is 0 Å². The van der Waals surface area contributed by atoms with E-state index >= 15 is 0 Å². The van der Waals surface area contributed by atoms with E-state index in [-0.39, 0.29) is 22.9 Å². The van der Waals surface area contributed by atoms with Crippen LogP contribution in [0.15, 0.2) is 29.3 Å².